The van der Waals surface area contributed by atoms with Crippen molar-refractivity contribution in [1.29, 1.82) is 0 Å². The van der Waals surface area contributed by atoms with Crippen molar-refractivity contribution in [2.45, 2.75) is 25.7 Å². The number of morpholine rings is 1. The van der Waals surface area contributed by atoms with Crippen LogP contribution in [-0.4, -0.2) is 56.7 Å². The van der Waals surface area contributed by atoms with E-state index in [9.17, 15) is 4.79 Å². The lowest BCUT2D eigenvalue weighted by Crippen LogP contribution is -2.37. The monoisotopic (exact) mass is 461 g/mol. The number of anilines is 2. The molecular weight excluding hydrogens is 434 g/mol. The number of carbonyl (C=O) groups is 1. The van der Waals surface area contributed by atoms with Crippen LogP contribution in [0.1, 0.15) is 35.4 Å². The van der Waals surface area contributed by atoms with Crippen molar-refractivity contribution >= 4 is 33.2 Å². The summed E-state index contributed by atoms with van der Waals surface area (Å²) >= 11 is 3.26. The highest BCUT2D eigenvalue weighted by molar-refractivity contribution is 9.10. The van der Waals surface area contributed by atoms with Crippen LogP contribution in [0, 0.1) is 0 Å². The number of ether oxygens (including phenoxy) is 1. The minimum Gasteiger partial charge on any atom is -0.444 e. The Hall–Kier alpha value is -1.83. The highest BCUT2D eigenvalue weighted by Crippen LogP contribution is 2.31. The summed E-state index contributed by atoms with van der Waals surface area (Å²) in [5.41, 5.74) is 3.26. The number of carbonyl (C=O) groups excluding carboxylic acids is 1. The van der Waals surface area contributed by atoms with Crippen LogP contribution in [0.5, 0.6) is 0 Å². The van der Waals surface area contributed by atoms with Gasteiger partial charge in [-0.3, -0.25) is 9.69 Å². The number of halogens is 1. The number of benzene rings is 1. The molecule has 1 aromatic carbocycles. The van der Waals surface area contributed by atoms with Crippen LogP contribution in [0.2, 0.25) is 0 Å². The summed E-state index contributed by atoms with van der Waals surface area (Å²) in [6.07, 6.45) is 4.66. The van der Waals surface area contributed by atoms with Crippen LogP contribution in [0.3, 0.4) is 0 Å². The highest BCUT2D eigenvalue weighted by atomic mass is 79.9. The lowest BCUT2D eigenvalue weighted by Gasteiger charge is -2.31. The minimum absolute atomic E-state index is 0.227. The van der Waals surface area contributed by atoms with Gasteiger partial charge in [-0.05, 0) is 71.4 Å². The van der Waals surface area contributed by atoms with Gasteiger partial charge in [-0.25, -0.2) is 0 Å². The van der Waals surface area contributed by atoms with Gasteiger partial charge in [0.15, 0.2) is 10.4 Å². The number of furan rings is 1. The van der Waals surface area contributed by atoms with Crippen LogP contribution in [0.4, 0.5) is 11.4 Å². The third-order valence-electron chi connectivity index (χ3n) is 5.62. The molecule has 1 aromatic heterocycles. The maximum atomic E-state index is 12.6. The second-order valence-electron chi connectivity index (χ2n) is 7.66. The van der Waals surface area contributed by atoms with Crippen molar-refractivity contribution in [2.75, 3.05) is 56.2 Å². The second kappa shape index (κ2) is 9.78. The van der Waals surface area contributed by atoms with Crippen molar-refractivity contribution in [3.8, 4) is 0 Å². The average molecular weight is 462 g/mol. The Morgan fingerprint density at radius 3 is 2.55 bits per heavy atom. The number of nitrogens with one attached hydrogen (secondary N) is 1. The van der Waals surface area contributed by atoms with E-state index in [2.05, 4.69) is 43.2 Å². The molecule has 2 aliphatic rings. The van der Waals surface area contributed by atoms with E-state index in [0.29, 0.717) is 10.4 Å². The predicted octanol–water partition coefficient (Wildman–Crippen LogP) is 4.16. The van der Waals surface area contributed by atoms with Crippen molar-refractivity contribution in [3.05, 3.63) is 46.3 Å². The van der Waals surface area contributed by atoms with E-state index in [0.717, 1.165) is 63.7 Å². The van der Waals surface area contributed by atoms with Gasteiger partial charge in [0.25, 0.3) is 5.91 Å². The van der Waals surface area contributed by atoms with Crippen LogP contribution in [0.15, 0.2) is 39.4 Å². The quantitative estimate of drug-likeness (QED) is 0.699. The minimum atomic E-state index is -0.227. The molecule has 2 fully saturated rings. The first kappa shape index (κ1) is 20.4. The zero-order valence-corrected chi connectivity index (χ0v) is 18.2. The Morgan fingerprint density at radius 2 is 1.83 bits per heavy atom. The Kier molecular flexibility index (Phi) is 6.90. The van der Waals surface area contributed by atoms with E-state index in [1.807, 2.05) is 6.07 Å². The fraction of sp³-hybridized carbons (Fsp3) is 0.500. The number of hydrogen-bond acceptors (Lipinski definition) is 5. The lowest BCUT2D eigenvalue weighted by molar-refractivity contribution is 0.0384. The highest BCUT2D eigenvalue weighted by Gasteiger charge is 2.19. The molecule has 0 radical (unpaired) electrons. The fourth-order valence-corrected chi connectivity index (χ4v) is 4.27. The third kappa shape index (κ3) is 5.41. The Bertz CT molecular complexity index is 826. The molecule has 1 amide bonds. The van der Waals surface area contributed by atoms with E-state index in [4.69, 9.17) is 9.15 Å². The van der Waals surface area contributed by atoms with Crippen molar-refractivity contribution < 1.29 is 13.9 Å². The summed E-state index contributed by atoms with van der Waals surface area (Å²) in [7, 11) is 0. The molecule has 156 valence electrons. The van der Waals surface area contributed by atoms with Crippen LogP contribution in [-0.2, 0) is 11.2 Å². The molecule has 2 aromatic rings. The SMILES string of the molecule is O=C(Nc1ccc(CCN2CCOCC2)cc1N1CCCCC1)c1ccc(Br)o1. The van der Waals surface area contributed by atoms with E-state index >= 15 is 0 Å². The molecule has 2 aliphatic heterocycles. The number of rotatable bonds is 6. The van der Waals surface area contributed by atoms with Crippen molar-refractivity contribution in [2.24, 2.45) is 0 Å². The van der Waals surface area contributed by atoms with Crippen LogP contribution in [0.25, 0.3) is 0 Å². The number of nitrogens with zero attached hydrogens (tertiary/aromatic N) is 2. The number of amides is 1. The first-order valence-corrected chi connectivity index (χ1v) is 11.2. The summed E-state index contributed by atoms with van der Waals surface area (Å²) in [4.78, 5) is 17.5. The van der Waals surface area contributed by atoms with E-state index in [1.165, 1.54) is 24.8 Å². The third-order valence-corrected chi connectivity index (χ3v) is 6.05. The van der Waals surface area contributed by atoms with Crippen LogP contribution < -0.4 is 10.2 Å². The molecule has 1 N–H and O–H groups in total. The Morgan fingerprint density at radius 1 is 1.03 bits per heavy atom. The average Bonchev–Trinajstić information content (AvgIpc) is 3.21. The molecule has 7 heteroatoms. The summed E-state index contributed by atoms with van der Waals surface area (Å²) in [6.45, 7) is 6.76. The van der Waals surface area contributed by atoms with Gasteiger partial charge in [-0.15, -0.1) is 0 Å². The Labute approximate surface area is 180 Å². The van der Waals surface area contributed by atoms with Gasteiger partial charge < -0.3 is 19.4 Å². The van der Waals surface area contributed by atoms with Gasteiger partial charge in [0.05, 0.1) is 24.6 Å². The fourth-order valence-electron chi connectivity index (χ4n) is 3.97. The maximum absolute atomic E-state index is 12.6. The summed E-state index contributed by atoms with van der Waals surface area (Å²) in [6, 6.07) is 9.82. The molecule has 4 rings (SSSR count). The molecule has 0 atom stereocenters. The largest absolute Gasteiger partial charge is 0.444 e. The molecule has 0 bridgehead atoms. The smallest absolute Gasteiger partial charge is 0.291 e. The Balaban J connectivity index is 1.50. The first-order chi connectivity index (χ1) is 14.2. The van der Waals surface area contributed by atoms with E-state index in [-0.39, 0.29) is 5.91 Å². The first-order valence-electron chi connectivity index (χ1n) is 10.4. The number of piperidine rings is 1. The molecule has 3 heterocycles. The standard InChI is InChI=1S/C22H28BrN3O3/c23-21-7-6-20(29-21)22(27)24-18-5-4-17(8-11-25-12-14-28-15-13-25)16-19(18)26-9-2-1-3-10-26/h4-7,16H,1-3,8-15H2,(H,24,27). The molecule has 2 saturated heterocycles. The summed E-state index contributed by atoms with van der Waals surface area (Å²) in [5, 5.41) is 3.05. The van der Waals surface area contributed by atoms with Crippen LogP contribution >= 0.6 is 15.9 Å². The number of hydrogen-bond donors (Lipinski definition) is 1. The van der Waals surface area contributed by atoms with E-state index < -0.39 is 0 Å². The molecule has 0 aliphatic carbocycles. The molecule has 6 nitrogen and oxygen atoms in total. The van der Waals surface area contributed by atoms with Gasteiger partial charge in [-0.1, -0.05) is 6.07 Å². The molecule has 29 heavy (non-hydrogen) atoms. The van der Waals surface area contributed by atoms with E-state index in [1.54, 1.807) is 12.1 Å². The van der Waals surface area contributed by atoms with Crippen molar-refractivity contribution in [1.82, 2.24) is 4.90 Å². The molecule has 0 spiro atoms. The topological polar surface area (TPSA) is 58.0 Å². The van der Waals surface area contributed by atoms with Crippen molar-refractivity contribution in [3.63, 3.8) is 0 Å². The van der Waals surface area contributed by atoms with Gasteiger partial charge in [0, 0.05) is 32.7 Å². The zero-order chi connectivity index (χ0) is 20.1. The summed E-state index contributed by atoms with van der Waals surface area (Å²) in [5.74, 6) is 0.0767. The second-order valence-corrected chi connectivity index (χ2v) is 8.44. The summed E-state index contributed by atoms with van der Waals surface area (Å²) < 4.78 is 11.4. The maximum Gasteiger partial charge on any atom is 0.291 e. The zero-order valence-electron chi connectivity index (χ0n) is 16.7. The van der Waals surface area contributed by atoms with Gasteiger partial charge >= 0.3 is 0 Å². The molecular formula is C22H28BrN3O3. The molecule has 0 saturated carbocycles. The molecule has 0 unspecified atom stereocenters. The lowest BCUT2D eigenvalue weighted by atomic mass is 10.1. The van der Waals surface area contributed by atoms with Gasteiger partial charge in [-0.2, -0.15) is 0 Å². The normalized spacial score (nSPS) is 18.0. The van der Waals surface area contributed by atoms with Gasteiger partial charge in [0.2, 0.25) is 0 Å². The van der Waals surface area contributed by atoms with Gasteiger partial charge in [0.1, 0.15) is 0 Å². The predicted molar refractivity (Wildman–Crippen MR) is 118 cm³/mol.